The quantitative estimate of drug-likeness (QED) is 0.938. The van der Waals surface area contributed by atoms with E-state index in [9.17, 15) is 5.11 Å². The molecule has 3 rings (SSSR count). The van der Waals surface area contributed by atoms with Crippen LogP contribution in [0.2, 0.25) is 5.02 Å². The lowest BCUT2D eigenvalue weighted by Crippen LogP contribution is -2.37. The third kappa shape index (κ3) is 2.89. The van der Waals surface area contributed by atoms with Crippen LogP contribution in [0.5, 0.6) is 0 Å². The van der Waals surface area contributed by atoms with Gasteiger partial charge in [-0.15, -0.1) is 0 Å². The second-order valence-corrected chi connectivity index (χ2v) is 6.19. The Hall–Kier alpha value is -1.32. The molecule has 0 bridgehead atoms. The normalized spacial score (nSPS) is 26.0. The Morgan fingerprint density at radius 2 is 2.15 bits per heavy atom. The number of aromatic nitrogens is 2. The summed E-state index contributed by atoms with van der Waals surface area (Å²) in [6.45, 7) is 0.837. The SMILES string of the molecule is O[C@]1(Cc2ccc(Cl)cc2)CCC[C@H]1Cn1ccnc1. The molecule has 2 atom stereocenters. The van der Waals surface area contributed by atoms with E-state index in [0.717, 1.165) is 36.4 Å². The van der Waals surface area contributed by atoms with Crippen LogP contribution in [0, 0.1) is 5.92 Å². The highest BCUT2D eigenvalue weighted by molar-refractivity contribution is 6.30. The van der Waals surface area contributed by atoms with Crippen molar-refractivity contribution in [2.24, 2.45) is 5.92 Å². The molecule has 4 heteroatoms. The molecular weight excluding hydrogens is 272 g/mol. The maximum absolute atomic E-state index is 11.0. The molecule has 3 nitrogen and oxygen atoms in total. The van der Waals surface area contributed by atoms with Crippen LogP contribution in [-0.4, -0.2) is 20.3 Å². The lowest BCUT2D eigenvalue weighted by atomic mass is 9.84. The highest BCUT2D eigenvalue weighted by Gasteiger charge is 2.40. The molecule has 1 aromatic carbocycles. The topological polar surface area (TPSA) is 38.0 Å². The summed E-state index contributed by atoms with van der Waals surface area (Å²) in [5.41, 5.74) is 0.535. The van der Waals surface area contributed by atoms with E-state index in [-0.39, 0.29) is 5.92 Å². The molecule has 106 valence electrons. The van der Waals surface area contributed by atoms with Crippen molar-refractivity contribution in [3.8, 4) is 0 Å². The third-order valence-electron chi connectivity index (χ3n) is 4.34. The fraction of sp³-hybridized carbons (Fsp3) is 0.438. The number of nitrogens with zero attached hydrogens (tertiary/aromatic N) is 2. The molecule has 1 N–H and O–H groups in total. The molecule has 0 spiro atoms. The van der Waals surface area contributed by atoms with Gasteiger partial charge in [-0.05, 0) is 30.5 Å². The molecule has 1 aliphatic rings. The van der Waals surface area contributed by atoms with Gasteiger partial charge in [-0.25, -0.2) is 4.98 Å². The van der Waals surface area contributed by atoms with E-state index in [1.807, 2.05) is 36.8 Å². The Morgan fingerprint density at radius 3 is 2.85 bits per heavy atom. The van der Waals surface area contributed by atoms with Crippen molar-refractivity contribution in [1.82, 2.24) is 9.55 Å². The second kappa shape index (κ2) is 5.58. The summed E-state index contributed by atoms with van der Waals surface area (Å²) in [6, 6.07) is 7.79. The van der Waals surface area contributed by atoms with Crippen LogP contribution >= 0.6 is 11.6 Å². The summed E-state index contributed by atoms with van der Waals surface area (Å²) >= 11 is 5.91. The van der Waals surface area contributed by atoms with Crippen LogP contribution in [0.1, 0.15) is 24.8 Å². The number of imidazole rings is 1. The summed E-state index contributed by atoms with van der Waals surface area (Å²) < 4.78 is 2.06. The van der Waals surface area contributed by atoms with E-state index in [1.165, 1.54) is 0 Å². The van der Waals surface area contributed by atoms with Gasteiger partial charge in [0.05, 0.1) is 11.9 Å². The monoisotopic (exact) mass is 290 g/mol. The number of rotatable bonds is 4. The van der Waals surface area contributed by atoms with Gasteiger partial charge >= 0.3 is 0 Å². The molecule has 1 saturated carbocycles. The van der Waals surface area contributed by atoms with Gasteiger partial charge in [-0.1, -0.05) is 30.2 Å². The molecular formula is C16H19ClN2O. The molecule has 0 amide bonds. The first kappa shape index (κ1) is 13.7. The standard InChI is InChI=1S/C16H19ClN2O/c17-15-5-3-13(4-6-15)10-16(20)7-1-2-14(16)11-19-9-8-18-12-19/h3-6,8-9,12,14,20H,1-2,7,10-11H2/t14-,16-/m0/s1. The number of halogens is 1. The molecule has 1 aromatic heterocycles. The Bertz CT molecular complexity index is 552. The Labute approximate surface area is 124 Å². The van der Waals surface area contributed by atoms with Gasteiger partial charge < -0.3 is 9.67 Å². The minimum absolute atomic E-state index is 0.285. The van der Waals surface area contributed by atoms with Crippen molar-refractivity contribution in [2.45, 2.75) is 37.8 Å². The number of hydrogen-bond acceptors (Lipinski definition) is 2. The lowest BCUT2D eigenvalue weighted by molar-refractivity contribution is -0.00348. The fourth-order valence-electron chi connectivity index (χ4n) is 3.23. The summed E-state index contributed by atoms with van der Waals surface area (Å²) in [7, 11) is 0. The Balaban J connectivity index is 1.73. The van der Waals surface area contributed by atoms with Crippen LogP contribution in [0.15, 0.2) is 43.0 Å². The molecule has 0 unspecified atom stereocenters. The van der Waals surface area contributed by atoms with Crippen molar-refractivity contribution < 1.29 is 5.11 Å². The molecule has 1 fully saturated rings. The summed E-state index contributed by atoms with van der Waals surface area (Å²) in [5, 5.41) is 11.7. The van der Waals surface area contributed by atoms with Crippen LogP contribution in [0.4, 0.5) is 0 Å². The largest absolute Gasteiger partial charge is 0.389 e. The van der Waals surface area contributed by atoms with Crippen LogP contribution in [0.3, 0.4) is 0 Å². The predicted molar refractivity (Wildman–Crippen MR) is 79.7 cm³/mol. The molecule has 1 heterocycles. The highest BCUT2D eigenvalue weighted by Crippen LogP contribution is 2.39. The summed E-state index contributed by atoms with van der Waals surface area (Å²) in [5.74, 6) is 0.285. The third-order valence-corrected chi connectivity index (χ3v) is 4.59. The maximum atomic E-state index is 11.0. The second-order valence-electron chi connectivity index (χ2n) is 5.76. The van der Waals surface area contributed by atoms with E-state index < -0.39 is 5.60 Å². The minimum atomic E-state index is -0.613. The average Bonchev–Trinajstić information content (AvgIpc) is 3.04. The molecule has 1 aliphatic carbocycles. The van der Waals surface area contributed by atoms with Crippen molar-refractivity contribution in [1.29, 1.82) is 0 Å². The zero-order valence-corrected chi connectivity index (χ0v) is 12.1. The van der Waals surface area contributed by atoms with Gasteiger partial charge in [0.1, 0.15) is 0 Å². The number of benzene rings is 1. The molecule has 0 radical (unpaired) electrons. The molecule has 2 aromatic rings. The van der Waals surface area contributed by atoms with Gasteiger partial charge in [-0.2, -0.15) is 0 Å². The van der Waals surface area contributed by atoms with Gasteiger partial charge in [0.15, 0.2) is 0 Å². The van der Waals surface area contributed by atoms with Gasteiger partial charge in [-0.3, -0.25) is 0 Å². The Kier molecular flexibility index (Phi) is 3.81. The van der Waals surface area contributed by atoms with Gasteiger partial charge in [0.25, 0.3) is 0 Å². The summed E-state index contributed by atoms with van der Waals surface area (Å²) in [4.78, 5) is 4.07. The average molecular weight is 291 g/mol. The van der Waals surface area contributed by atoms with Crippen molar-refractivity contribution in [2.75, 3.05) is 0 Å². The van der Waals surface area contributed by atoms with Crippen LogP contribution in [0.25, 0.3) is 0 Å². The van der Waals surface area contributed by atoms with Gasteiger partial charge in [0, 0.05) is 36.3 Å². The van der Waals surface area contributed by atoms with E-state index in [4.69, 9.17) is 11.6 Å². The first-order valence-electron chi connectivity index (χ1n) is 7.08. The smallest absolute Gasteiger partial charge is 0.0946 e. The van der Waals surface area contributed by atoms with Crippen molar-refractivity contribution in [3.63, 3.8) is 0 Å². The van der Waals surface area contributed by atoms with Crippen molar-refractivity contribution in [3.05, 3.63) is 53.6 Å². The summed E-state index contributed by atoms with van der Waals surface area (Å²) in [6.07, 6.45) is 9.29. The highest BCUT2D eigenvalue weighted by atomic mass is 35.5. The maximum Gasteiger partial charge on any atom is 0.0946 e. The van der Waals surface area contributed by atoms with E-state index in [1.54, 1.807) is 6.20 Å². The lowest BCUT2D eigenvalue weighted by Gasteiger charge is -2.30. The zero-order valence-electron chi connectivity index (χ0n) is 11.4. The number of hydrogen-bond donors (Lipinski definition) is 1. The number of aliphatic hydroxyl groups is 1. The van der Waals surface area contributed by atoms with Crippen LogP contribution in [-0.2, 0) is 13.0 Å². The first-order chi connectivity index (χ1) is 9.66. The molecule has 20 heavy (non-hydrogen) atoms. The van der Waals surface area contributed by atoms with Crippen molar-refractivity contribution >= 4 is 11.6 Å². The zero-order chi connectivity index (χ0) is 14.0. The molecule has 0 aliphatic heterocycles. The van der Waals surface area contributed by atoms with E-state index >= 15 is 0 Å². The Morgan fingerprint density at radius 1 is 1.35 bits per heavy atom. The predicted octanol–water partition coefficient (Wildman–Crippen LogP) is 3.31. The van der Waals surface area contributed by atoms with Gasteiger partial charge in [0.2, 0.25) is 0 Å². The van der Waals surface area contributed by atoms with E-state index in [2.05, 4.69) is 9.55 Å². The fourth-order valence-corrected chi connectivity index (χ4v) is 3.35. The van der Waals surface area contributed by atoms with E-state index in [0.29, 0.717) is 6.42 Å². The minimum Gasteiger partial charge on any atom is -0.389 e. The first-order valence-corrected chi connectivity index (χ1v) is 7.46. The van der Waals surface area contributed by atoms with Crippen LogP contribution < -0.4 is 0 Å². The molecule has 0 saturated heterocycles.